The summed E-state index contributed by atoms with van der Waals surface area (Å²) in [4.78, 5) is 0. The lowest BCUT2D eigenvalue weighted by molar-refractivity contribution is 0.222. The molecule has 2 N–H and O–H groups in total. The fourth-order valence-corrected chi connectivity index (χ4v) is 2.35. The first-order chi connectivity index (χ1) is 9.90. The van der Waals surface area contributed by atoms with Gasteiger partial charge in [-0.15, -0.1) is 0 Å². The molecule has 0 saturated carbocycles. The third kappa shape index (κ3) is 4.26. The highest BCUT2D eigenvalue weighted by atomic mass is 19.1. The lowest BCUT2D eigenvalue weighted by Gasteiger charge is -2.30. The number of hydrogen-bond acceptors (Lipinski definition) is 2. The minimum atomic E-state index is -0.655. The Labute approximate surface area is 123 Å². The zero-order valence-corrected chi connectivity index (χ0v) is 12.2. The van der Waals surface area contributed by atoms with Crippen LogP contribution in [0.1, 0.15) is 18.1 Å². The van der Waals surface area contributed by atoms with Crippen molar-refractivity contribution in [2.75, 3.05) is 11.9 Å². The summed E-state index contributed by atoms with van der Waals surface area (Å²) in [6.45, 7) is 3.53. The van der Waals surface area contributed by atoms with Crippen LogP contribution in [0.3, 0.4) is 0 Å². The molecular formula is C17H19F2NO. The summed E-state index contributed by atoms with van der Waals surface area (Å²) in [7, 11) is 0. The molecule has 21 heavy (non-hydrogen) atoms. The average Bonchev–Trinajstić information content (AvgIpc) is 2.40. The zero-order chi connectivity index (χ0) is 15.5. The first-order valence-electron chi connectivity index (χ1n) is 6.81. The van der Waals surface area contributed by atoms with E-state index in [1.165, 1.54) is 24.3 Å². The smallest absolute Gasteiger partial charge is 0.125 e. The normalized spacial score (nSPS) is 13.8. The van der Waals surface area contributed by atoms with Crippen molar-refractivity contribution in [1.82, 2.24) is 0 Å². The van der Waals surface area contributed by atoms with Crippen LogP contribution in [0.5, 0.6) is 0 Å². The highest BCUT2D eigenvalue weighted by Crippen LogP contribution is 2.22. The lowest BCUT2D eigenvalue weighted by Crippen LogP contribution is -2.41. The second kappa shape index (κ2) is 6.22. The van der Waals surface area contributed by atoms with Gasteiger partial charge in [0, 0.05) is 5.69 Å². The van der Waals surface area contributed by atoms with E-state index < -0.39 is 5.54 Å². The summed E-state index contributed by atoms with van der Waals surface area (Å²) in [6, 6.07) is 10.8. The Kier molecular flexibility index (Phi) is 4.58. The van der Waals surface area contributed by atoms with Gasteiger partial charge in [-0.25, -0.2) is 8.78 Å². The molecule has 1 atom stereocenters. The Morgan fingerprint density at radius 3 is 2.29 bits per heavy atom. The molecule has 0 aliphatic rings. The molecule has 2 rings (SSSR count). The molecule has 112 valence electrons. The standard InChI is InChI=1S/C17H19F2NO/c1-12-7-15(19)9-16(8-12)20-17(2,11-21)10-13-3-5-14(18)6-4-13/h3-9,20-21H,10-11H2,1-2H3. The van der Waals surface area contributed by atoms with Crippen LogP contribution < -0.4 is 5.32 Å². The van der Waals surface area contributed by atoms with Gasteiger partial charge in [-0.05, 0) is 61.7 Å². The molecule has 0 bridgehead atoms. The maximum absolute atomic E-state index is 13.4. The summed E-state index contributed by atoms with van der Waals surface area (Å²) in [5, 5.41) is 12.8. The van der Waals surface area contributed by atoms with Crippen LogP contribution in [0.15, 0.2) is 42.5 Å². The van der Waals surface area contributed by atoms with E-state index in [2.05, 4.69) is 5.32 Å². The Morgan fingerprint density at radius 2 is 1.71 bits per heavy atom. The molecule has 0 heterocycles. The van der Waals surface area contributed by atoms with E-state index in [1.54, 1.807) is 12.1 Å². The van der Waals surface area contributed by atoms with E-state index in [1.807, 2.05) is 19.9 Å². The number of aliphatic hydroxyl groups is 1. The van der Waals surface area contributed by atoms with Crippen molar-refractivity contribution in [3.8, 4) is 0 Å². The molecule has 0 saturated heterocycles. The topological polar surface area (TPSA) is 32.3 Å². The molecule has 0 fully saturated rings. The second-order valence-electron chi connectivity index (χ2n) is 5.66. The third-order valence-corrected chi connectivity index (χ3v) is 3.34. The van der Waals surface area contributed by atoms with Crippen molar-refractivity contribution in [1.29, 1.82) is 0 Å². The van der Waals surface area contributed by atoms with Crippen molar-refractivity contribution in [2.24, 2.45) is 0 Å². The highest BCUT2D eigenvalue weighted by molar-refractivity contribution is 5.48. The molecule has 0 spiro atoms. The Hall–Kier alpha value is -1.94. The number of halogens is 2. The highest BCUT2D eigenvalue weighted by Gasteiger charge is 2.24. The van der Waals surface area contributed by atoms with Crippen LogP contribution in [-0.2, 0) is 6.42 Å². The van der Waals surface area contributed by atoms with Crippen molar-refractivity contribution in [3.63, 3.8) is 0 Å². The summed E-state index contributed by atoms with van der Waals surface area (Å²) in [6.07, 6.45) is 0.499. The van der Waals surface area contributed by atoms with Crippen molar-refractivity contribution in [2.45, 2.75) is 25.8 Å². The van der Waals surface area contributed by atoms with E-state index >= 15 is 0 Å². The zero-order valence-electron chi connectivity index (χ0n) is 12.2. The van der Waals surface area contributed by atoms with Gasteiger partial charge in [0.1, 0.15) is 11.6 Å². The molecule has 1 unspecified atom stereocenters. The molecular weight excluding hydrogens is 272 g/mol. The molecule has 2 aromatic rings. The first-order valence-corrected chi connectivity index (χ1v) is 6.81. The van der Waals surface area contributed by atoms with Crippen LogP contribution in [0.25, 0.3) is 0 Å². The van der Waals surface area contributed by atoms with Crippen molar-refractivity contribution >= 4 is 5.69 Å². The van der Waals surface area contributed by atoms with Gasteiger partial charge in [0.15, 0.2) is 0 Å². The third-order valence-electron chi connectivity index (χ3n) is 3.34. The molecule has 0 radical (unpaired) electrons. The number of nitrogens with one attached hydrogen (secondary N) is 1. The monoisotopic (exact) mass is 291 g/mol. The summed E-state index contributed by atoms with van der Waals surface area (Å²) in [5.41, 5.74) is 1.66. The maximum atomic E-state index is 13.4. The van der Waals surface area contributed by atoms with Gasteiger partial charge in [0.05, 0.1) is 12.1 Å². The molecule has 0 aromatic heterocycles. The average molecular weight is 291 g/mol. The number of rotatable bonds is 5. The molecule has 2 nitrogen and oxygen atoms in total. The predicted molar refractivity (Wildman–Crippen MR) is 80.4 cm³/mol. The predicted octanol–water partition coefficient (Wildman–Crippen LogP) is 3.68. The van der Waals surface area contributed by atoms with E-state index in [4.69, 9.17) is 0 Å². The van der Waals surface area contributed by atoms with Gasteiger partial charge in [-0.1, -0.05) is 12.1 Å². The maximum Gasteiger partial charge on any atom is 0.125 e. The van der Waals surface area contributed by atoms with E-state index in [0.29, 0.717) is 12.1 Å². The van der Waals surface area contributed by atoms with E-state index in [0.717, 1.165) is 11.1 Å². The van der Waals surface area contributed by atoms with Gasteiger partial charge in [0.25, 0.3) is 0 Å². The van der Waals surface area contributed by atoms with Crippen LogP contribution in [0.2, 0.25) is 0 Å². The minimum absolute atomic E-state index is 0.125. The quantitative estimate of drug-likeness (QED) is 0.881. The lowest BCUT2D eigenvalue weighted by atomic mass is 9.93. The van der Waals surface area contributed by atoms with Crippen molar-refractivity contribution in [3.05, 3.63) is 65.2 Å². The number of aryl methyl sites for hydroxylation is 1. The summed E-state index contributed by atoms with van der Waals surface area (Å²) in [5.74, 6) is -0.613. The molecule has 0 aliphatic carbocycles. The minimum Gasteiger partial charge on any atom is -0.394 e. The van der Waals surface area contributed by atoms with Gasteiger partial charge < -0.3 is 10.4 Å². The molecule has 2 aromatic carbocycles. The second-order valence-corrected chi connectivity index (χ2v) is 5.66. The van der Waals surface area contributed by atoms with Gasteiger partial charge in [-0.3, -0.25) is 0 Å². The van der Waals surface area contributed by atoms with E-state index in [9.17, 15) is 13.9 Å². The molecule has 4 heteroatoms. The van der Waals surface area contributed by atoms with Gasteiger partial charge in [0.2, 0.25) is 0 Å². The number of benzene rings is 2. The number of hydrogen-bond donors (Lipinski definition) is 2. The Balaban J connectivity index is 2.18. The van der Waals surface area contributed by atoms with E-state index in [-0.39, 0.29) is 18.2 Å². The Morgan fingerprint density at radius 1 is 1.05 bits per heavy atom. The Bertz CT molecular complexity index is 592. The van der Waals surface area contributed by atoms with Gasteiger partial charge >= 0.3 is 0 Å². The molecule has 0 aliphatic heterocycles. The largest absolute Gasteiger partial charge is 0.394 e. The fourth-order valence-electron chi connectivity index (χ4n) is 2.35. The number of anilines is 1. The molecule has 0 amide bonds. The fraction of sp³-hybridized carbons (Fsp3) is 0.294. The summed E-state index contributed by atoms with van der Waals surface area (Å²) >= 11 is 0. The summed E-state index contributed by atoms with van der Waals surface area (Å²) < 4.78 is 26.4. The van der Waals surface area contributed by atoms with Crippen LogP contribution in [-0.4, -0.2) is 17.3 Å². The number of aliphatic hydroxyl groups excluding tert-OH is 1. The van der Waals surface area contributed by atoms with Crippen molar-refractivity contribution < 1.29 is 13.9 Å². The van der Waals surface area contributed by atoms with Crippen LogP contribution in [0, 0.1) is 18.6 Å². The van der Waals surface area contributed by atoms with Crippen LogP contribution >= 0.6 is 0 Å². The van der Waals surface area contributed by atoms with Crippen LogP contribution in [0.4, 0.5) is 14.5 Å². The first kappa shape index (κ1) is 15.4. The SMILES string of the molecule is Cc1cc(F)cc(NC(C)(CO)Cc2ccc(F)cc2)c1. The van der Waals surface area contributed by atoms with Gasteiger partial charge in [-0.2, -0.15) is 0 Å².